The van der Waals surface area contributed by atoms with E-state index in [2.05, 4.69) is 6.92 Å². The number of ether oxygens (including phenoxy) is 1. The Bertz CT molecular complexity index is 1560. The Balaban J connectivity index is 1.36. The Morgan fingerprint density at radius 1 is 0.930 bits per heavy atom. The Kier molecular flexibility index (Phi) is 8.64. The number of carbonyl (C=O) groups excluding carboxylic acids is 2. The van der Waals surface area contributed by atoms with Crippen molar-refractivity contribution >= 4 is 24.8 Å². The molecule has 3 aliphatic rings. The molecule has 6 rings (SSSR count). The first kappa shape index (κ1) is 29.2. The molecule has 1 heterocycles. The molecule has 220 valence electrons. The highest BCUT2D eigenvalue weighted by Crippen LogP contribution is 2.51. The number of para-hydroxylation sites is 2. The molecule has 2 aliphatic carbocycles. The van der Waals surface area contributed by atoms with Gasteiger partial charge in [0.2, 0.25) is 0 Å². The number of benzene rings is 3. The third-order valence-corrected chi connectivity index (χ3v) is 9.11. The largest absolute Gasteiger partial charge is 0.507 e. The molecule has 7 heteroatoms. The monoisotopic (exact) mass is 576 g/mol. The first-order valence-electron chi connectivity index (χ1n) is 15.3. The van der Waals surface area contributed by atoms with Crippen molar-refractivity contribution in [1.82, 2.24) is 0 Å². The molecule has 3 aromatic carbocycles. The summed E-state index contributed by atoms with van der Waals surface area (Å²) < 4.78 is 12.4. The molecule has 0 spiro atoms. The summed E-state index contributed by atoms with van der Waals surface area (Å²) in [7, 11) is -1.04. The predicted molar refractivity (Wildman–Crippen MR) is 167 cm³/mol. The average Bonchev–Trinajstić information content (AvgIpc) is 3.02. The van der Waals surface area contributed by atoms with Crippen LogP contribution in [0.25, 0.3) is 6.08 Å². The number of Topliss-reactive ketones (excluding diaryl/α,β-unsaturated/α-hetero) is 2. The molecule has 0 unspecified atom stereocenters. The first-order valence-corrected chi connectivity index (χ1v) is 15.3. The van der Waals surface area contributed by atoms with Gasteiger partial charge >= 0.3 is 7.12 Å². The molecular weight excluding hydrogens is 539 g/mol. The van der Waals surface area contributed by atoms with E-state index in [1.54, 1.807) is 36.4 Å². The molecule has 0 amide bonds. The zero-order valence-corrected chi connectivity index (χ0v) is 24.4. The van der Waals surface area contributed by atoms with Gasteiger partial charge in [0.15, 0.2) is 11.6 Å². The van der Waals surface area contributed by atoms with E-state index < -0.39 is 25.1 Å². The van der Waals surface area contributed by atoms with Gasteiger partial charge in [0.1, 0.15) is 18.1 Å². The minimum absolute atomic E-state index is 0.00942. The van der Waals surface area contributed by atoms with Crippen LogP contribution in [0.3, 0.4) is 0 Å². The lowest BCUT2D eigenvalue weighted by atomic mass is 9.54. The summed E-state index contributed by atoms with van der Waals surface area (Å²) in [5, 5.41) is 21.3. The maximum atomic E-state index is 14.0. The van der Waals surface area contributed by atoms with Gasteiger partial charge in [-0.1, -0.05) is 85.7 Å². The minimum Gasteiger partial charge on any atom is -0.507 e. The summed E-state index contributed by atoms with van der Waals surface area (Å²) >= 11 is 0. The van der Waals surface area contributed by atoms with Gasteiger partial charge in [-0.15, -0.1) is 0 Å². The summed E-state index contributed by atoms with van der Waals surface area (Å²) in [5.74, 6) is -0.408. The van der Waals surface area contributed by atoms with Crippen LogP contribution in [0.1, 0.15) is 65.3 Å². The van der Waals surface area contributed by atoms with Crippen molar-refractivity contribution in [2.75, 3.05) is 6.61 Å². The van der Waals surface area contributed by atoms with Crippen LogP contribution in [0.2, 0.25) is 6.32 Å². The number of hydrogen-bond donors (Lipinski definition) is 2. The van der Waals surface area contributed by atoms with Crippen molar-refractivity contribution in [3.63, 3.8) is 0 Å². The second kappa shape index (κ2) is 12.7. The van der Waals surface area contributed by atoms with Crippen molar-refractivity contribution < 1.29 is 29.1 Å². The standard InChI is InChI=1S/C36H37BO6/c1-2-10-23(19-24-11-6-9-16-31(24)38)17-18-32-33-25(22-42-26-12-4-3-5-13-26)20-29-34(30(33)21-37(41)43-32)36(40)28-15-8-7-14-27(28)35(29)39/h3-9,11-16,19,29-30,32,34,38,41H,2,10,17-18,20-22H2,1H3/b23-19+/t29-,30+,32-,34-/m1/s1. The number of hydrogen-bond acceptors (Lipinski definition) is 6. The van der Waals surface area contributed by atoms with Crippen molar-refractivity contribution in [2.45, 2.75) is 51.5 Å². The van der Waals surface area contributed by atoms with Crippen molar-refractivity contribution in [3.05, 3.63) is 112 Å². The Labute approximate surface area is 253 Å². The summed E-state index contributed by atoms with van der Waals surface area (Å²) in [4.78, 5) is 27.8. The van der Waals surface area contributed by atoms with E-state index in [-0.39, 0.29) is 36.2 Å². The molecule has 3 aromatic rings. The lowest BCUT2D eigenvalue weighted by Gasteiger charge is -2.47. The lowest BCUT2D eigenvalue weighted by Crippen LogP contribution is -2.51. The predicted octanol–water partition coefficient (Wildman–Crippen LogP) is 6.94. The van der Waals surface area contributed by atoms with Crippen molar-refractivity contribution in [2.24, 2.45) is 17.8 Å². The molecule has 6 nitrogen and oxygen atoms in total. The van der Waals surface area contributed by atoms with Gasteiger partial charge in [-0.05, 0) is 67.3 Å². The van der Waals surface area contributed by atoms with E-state index in [0.29, 0.717) is 30.4 Å². The third kappa shape index (κ3) is 5.97. The highest BCUT2D eigenvalue weighted by Gasteiger charge is 2.53. The van der Waals surface area contributed by atoms with Gasteiger partial charge < -0.3 is 19.5 Å². The number of fused-ring (bicyclic) bond motifs is 4. The van der Waals surface area contributed by atoms with E-state index in [0.717, 1.165) is 35.3 Å². The number of aromatic hydroxyl groups is 1. The van der Waals surface area contributed by atoms with Crippen LogP contribution in [-0.4, -0.2) is 41.5 Å². The number of carbonyl (C=O) groups is 2. The van der Waals surface area contributed by atoms with Crippen LogP contribution >= 0.6 is 0 Å². The summed E-state index contributed by atoms with van der Waals surface area (Å²) in [6, 6.07) is 24.0. The SMILES string of the molecule is CCC/C(=C\c1ccccc1O)CC[C@H]1OB(O)C[C@H]2C1=C(COc1ccccc1)C[C@H]1C(=O)c3ccccc3C(=O)[C@H]12. The highest BCUT2D eigenvalue weighted by atomic mass is 16.5. The Morgan fingerprint density at radius 3 is 2.37 bits per heavy atom. The number of phenolic OH excluding ortho intramolecular Hbond substituents is 1. The van der Waals surface area contributed by atoms with Crippen LogP contribution in [0, 0.1) is 17.8 Å². The lowest BCUT2D eigenvalue weighted by molar-refractivity contribution is 0.0592. The number of rotatable bonds is 9. The molecule has 0 bridgehead atoms. The second-order valence-corrected chi connectivity index (χ2v) is 11.8. The number of phenols is 1. The minimum atomic E-state index is -1.04. The average molecular weight is 576 g/mol. The quantitative estimate of drug-likeness (QED) is 0.212. The maximum Gasteiger partial charge on any atom is 0.455 e. The van der Waals surface area contributed by atoms with Crippen molar-refractivity contribution in [1.29, 1.82) is 0 Å². The molecule has 43 heavy (non-hydrogen) atoms. The fraction of sp³-hybridized carbons (Fsp3) is 0.333. The Morgan fingerprint density at radius 2 is 1.63 bits per heavy atom. The van der Waals surface area contributed by atoms with Gasteiger partial charge in [0.25, 0.3) is 0 Å². The highest BCUT2D eigenvalue weighted by molar-refractivity contribution is 6.43. The fourth-order valence-electron chi connectivity index (χ4n) is 7.22. The van der Waals surface area contributed by atoms with Gasteiger partial charge in [-0.25, -0.2) is 0 Å². The summed E-state index contributed by atoms with van der Waals surface area (Å²) in [6.07, 6.45) is 5.43. The molecule has 0 aromatic heterocycles. The van der Waals surface area contributed by atoms with Gasteiger partial charge in [-0.3, -0.25) is 9.59 Å². The molecule has 0 saturated carbocycles. The first-order chi connectivity index (χ1) is 20.9. The van der Waals surface area contributed by atoms with Crippen LogP contribution in [0.15, 0.2) is 95.6 Å². The third-order valence-electron chi connectivity index (χ3n) is 9.11. The zero-order chi connectivity index (χ0) is 29.9. The zero-order valence-electron chi connectivity index (χ0n) is 24.4. The Hall–Kier alpha value is -3.94. The molecule has 1 fully saturated rings. The molecular formula is C36H37BO6. The smallest absolute Gasteiger partial charge is 0.455 e. The number of ketones is 2. The van der Waals surface area contributed by atoms with Crippen LogP contribution in [0.5, 0.6) is 11.5 Å². The number of allylic oxidation sites excluding steroid dienone is 1. The molecule has 1 aliphatic heterocycles. The van der Waals surface area contributed by atoms with Crippen LogP contribution in [0.4, 0.5) is 0 Å². The van der Waals surface area contributed by atoms with Gasteiger partial charge in [-0.2, -0.15) is 0 Å². The summed E-state index contributed by atoms with van der Waals surface area (Å²) in [5.41, 5.74) is 4.90. The van der Waals surface area contributed by atoms with Crippen molar-refractivity contribution in [3.8, 4) is 11.5 Å². The topological polar surface area (TPSA) is 93.1 Å². The van der Waals surface area contributed by atoms with Gasteiger partial charge in [0.05, 0.1) is 6.10 Å². The normalized spacial score (nSPS) is 23.5. The van der Waals surface area contributed by atoms with E-state index in [4.69, 9.17) is 9.39 Å². The van der Waals surface area contributed by atoms with Crippen LogP contribution in [-0.2, 0) is 4.65 Å². The van der Waals surface area contributed by atoms with E-state index >= 15 is 0 Å². The molecule has 1 saturated heterocycles. The molecule has 0 radical (unpaired) electrons. The fourth-order valence-corrected chi connectivity index (χ4v) is 7.22. The second-order valence-electron chi connectivity index (χ2n) is 11.8. The maximum absolute atomic E-state index is 14.0. The molecule has 2 N–H and O–H groups in total. The van der Waals surface area contributed by atoms with E-state index in [9.17, 15) is 19.7 Å². The van der Waals surface area contributed by atoms with E-state index in [1.807, 2.05) is 48.5 Å². The van der Waals surface area contributed by atoms with Gasteiger partial charge in [0, 0.05) is 28.5 Å². The molecule has 4 atom stereocenters. The van der Waals surface area contributed by atoms with E-state index in [1.165, 1.54) is 5.57 Å². The summed E-state index contributed by atoms with van der Waals surface area (Å²) in [6.45, 7) is 2.41. The van der Waals surface area contributed by atoms with Crippen LogP contribution < -0.4 is 4.74 Å².